The third-order valence-electron chi connectivity index (χ3n) is 9.28. The van der Waals surface area contributed by atoms with Crippen LogP contribution in [0.4, 0.5) is 9.59 Å². The van der Waals surface area contributed by atoms with Crippen LogP contribution in [0.1, 0.15) is 156 Å². The van der Waals surface area contributed by atoms with Crippen LogP contribution in [0.2, 0.25) is 0 Å². The van der Waals surface area contributed by atoms with E-state index in [1.165, 1.54) is 96.8 Å². The molecule has 276 valence electrons. The molecule has 2 rings (SSSR count). The summed E-state index contributed by atoms with van der Waals surface area (Å²) in [6.45, 7) is 11.0. The third kappa shape index (κ3) is 17.8. The minimum Gasteiger partial charge on any atom is -1.00 e. The van der Waals surface area contributed by atoms with Gasteiger partial charge in [-0.1, -0.05) is 109 Å². The predicted molar refractivity (Wildman–Crippen MR) is 186 cm³/mol. The zero-order chi connectivity index (χ0) is 34.4. The first-order chi connectivity index (χ1) is 22.6. The van der Waals surface area contributed by atoms with E-state index in [0.717, 1.165) is 30.0 Å². The Morgan fingerprint density at radius 1 is 0.792 bits per heavy atom. The Balaban J connectivity index is 0.0000115. The molecule has 48 heavy (non-hydrogen) atoms. The summed E-state index contributed by atoms with van der Waals surface area (Å²) in [5, 5.41) is 2.86. The SMILES string of the molecule is CCCCCCCCCCCCCCCCCCNC(=O)OC[C@@]1(C)CC[C@@](C)(COC(=O)N(Cc2cccc[n+]2CC)C(C)=O)O1.[Cl-]. The van der Waals surface area contributed by atoms with E-state index in [1.54, 1.807) is 0 Å². The van der Waals surface area contributed by atoms with Gasteiger partial charge in [-0.2, -0.15) is 0 Å². The summed E-state index contributed by atoms with van der Waals surface area (Å²) in [5.74, 6) is -0.386. The lowest BCUT2D eigenvalue weighted by Gasteiger charge is -2.30. The van der Waals surface area contributed by atoms with Crippen molar-refractivity contribution in [3.05, 3.63) is 30.1 Å². The van der Waals surface area contributed by atoms with Crippen molar-refractivity contribution in [2.75, 3.05) is 19.8 Å². The van der Waals surface area contributed by atoms with Gasteiger partial charge in [0.2, 0.25) is 11.6 Å². The molecule has 1 aliphatic rings. The van der Waals surface area contributed by atoms with E-state index in [1.807, 2.05) is 49.7 Å². The Kier molecular flexibility index (Phi) is 22.5. The average Bonchev–Trinajstić information content (AvgIpc) is 3.37. The number of imide groups is 1. The maximum atomic E-state index is 12.9. The summed E-state index contributed by atoms with van der Waals surface area (Å²) in [6.07, 6.45) is 23.2. The maximum absolute atomic E-state index is 12.9. The number of unbranched alkanes of at least 4 members (excludes halogenated alkanes) is 15. The minimum atomic E-state index is -0.740. The highest BCUT2D eigenvalue weighted by atomic mass is 35.5. The third-order valence-corrected chi connectivity index (χ3v) is 9.28. The van der Waals surface area contributed by atoms with Gasteiger partial charge >= 0.3 is 12.2 Å². The van der Waals surface area contributed by atoms with Crippen LogP contribution in [0, 0.1) is 0 Å². The van der Waals surface area contributed by atoms with Crippen molar-refractivity contribution in [2.45, 2.75) is 174 Å². The molecule has 0 unspecified atom stereocenters. The zero-order valence-corrected chi connectivity index (χ0v) is 31.6. The molecule has 2 atom stereocenters. The number of aryl methyl sites for hydroxylation is 1. The van der Waals surface area contributed by atoms with Crippen molar-refractivity contribution < 1.29 is 45.6 Å². The van der Waals surface area contributed by atoms with Gasteiger partial charge in [-0.05, 0) is 40.0 Å². The highest BCUT2D eigenvalue weighted by Crippen LogP contribution is 2.38. The Hall–Kier alpha value is -2.39. The van der Waals surface area contributed by atoms with Crippen molar-refractivity contribution in [3.63, 3.8) is 0 Å². The number of aromatic nitrogens is 1. The molecule has 1 aromatic rings. The van der Waals surface area contributed by atoms with Crippen molar-refractivity contribution in [2.24, 2.45) is 0 Å². The maximum Gasteiger partial charge on any atom is 0.417 e. The molecule has 2 heterocycles. The van der Waals surface area contributed by atoms with Gasteiger partial charge in [-0.25, -0.2) is 19.1 Å². The number of rotatable bonds is 24. The summed E-state index contributed by atoms with van der Waals surface area (Å²) >= 11 is 0. The monoisotopic (exact) mass is 695 g/mol. The highest BCUT2D eigenvalue weighted by molar-refractivity contribution is 5.90. The number of nitrogens with one attached hydrogen (secondary N) is 1. The van der Waals surface area contributed by atoms with Gasteiger partial charge in [-0.15, -0.1) is 0 Å². The molecule has 0 aromatic carbocycles. The van der Waals surface area contributed by atoms with E-state index < -0.39 is 23.4 Å². The van der Waals surface area contributed by atoms with Gasteiger partial charge in [0, 0.05) is 25.6 Å². The number of nitrogens with zero attached hydrogens (tertiary/aromatic N) is 2. The summed E-state index contributed by atoms with van der Waals surface area (Å²) in [5.41, 5.74) is -0.580. The molecule has 1 aliphatic heterocycles. The van der Waals surface area contributed by atoms with Gasteiger partial charge in [0.15, 0.2) is 6.20 Å². The second kappa shape index (κ2) is 24.7. The van der Waals surface area contributed by atoms with Gasteiger partial charge in [0.05, 0.1) is 0 Å². The smallest absolute Gasteiger partial charge is 0.417 e. The quantitative estimate of drug-likeness (QED) is 0.109. The molecule has 3 amide bonds. The van der Waals surface area contributed by atoms with E-state index in [2.05, 4.69) is 12.2 Å². The van der Waals surface area contributed by atoms with Crippen LogP contribution in [0.3, 0.4) is 0 Å². The number of carbonyl (C=O) groups is 3. The van der Waals surface area contributed by atoms with Crippen LogP contribution in [-0.2, 0) is 32.1 Å². The van der Waals surface area contributed by atoms with Crippen LogP contribution in [0.5, 0.6) is 0 Å². The lowest BCUT2D eigenvalue weighted by Crippen LogP contribution is -3.00. The molecule has 0 bridgehead atoms. The number of amides is 3. The molecule has 0 aliphatic carbocycles. The fraction of sp³-hybridized carbons (Fsp3) is 0.789. The first-order valence-corrected chi connectivity index (χ1v) is 18.6. The molecule has 1 aromatic heterocycles. The van der Waals surface area contributed by atoms with Gasteiger partial charge in [-0.3, -0.25) is 4.79 Å². The summed E-state index contributed by atoms with van der Waals surface area (Å²) < 4.78 is 19.3. The normalized spacial score (nSPS) is 18.6. The molecule has 1 fully saturated rings. The number of hydrogen-bond donors (Lipinski definition) is 1. The number of alkyl carbamates (subject to hydrolysis) is 1. The van der Waals surface area contributed by atoms with E-state index in [4.69, 9.17) is 14.2 Å². The topological polar surface area (TPSA) is 98.0 Å². The van der Waals surface area contributed by atoms with Crippen molar-refractivity contribution >= 4 is 18.1 Å². The number of halogens is 1. The van der Waals surface area contributed by atoms with E-state index in [0.29, 0.717) is 19.4 Å². The van der Waals surface area contributed by atoms with Crippen LogP contribution >= 0.6 is 0 Å². The second-order valence-corrected chi connectivity index (χ2v) is 13.9. The Morgan fingerprint density at radius 2 is 1.29 bits per heavy atom. The molecule has 0 radical (unpaired) electrons. The Morgan fingerprint density at radius 3 is 1.79 bits per heavy atom. The number of ether oxygens (including phenoxy) is 3. The second-order valence-electron chi connectivity index (χ2n) is 13.9. The van der Waals surface area contributed by atoms with Crippen LogP contribution in [-0.4, -0.2) is 54.0 Å². The molecular formula is C38H66ClN3O6. The minimum absolute atomic E-state index is 0. The van der Waals surface area contributed by atoms with Crippen molar-refractivity contribution in [1.82, 2.24) is 10.2 Å². The van der Waals surface area contributed by atoms with Gasteiger partial charge < -0.3 is 31.9 Å². The Bertz CT molecular complexity index is 1060. The Labute approximate surface area is 297 Å². The zero-order valence-electron chi connectivity index (χ0n) is 30.8. The summed E-state index contributed by atoms with van der Waals surface area (Å²) in [6, 6.07) is 5.67. The van der Waals surface area contributed by atoms with Crippen LogP contribution in [0.25, 0.3) is 0 Å². The molecule has 1 saturated heterocycles. The average molecular weight is 696 g/mol. The number of pyridine rings is 1. The van der Waals surface area contributed by atoms with Crippen molar-refractivity contribution in [1.29, 1.82) is 0 Å². The van der Waals surface area contributed by atoms with Crippen molar-refractivity contribution in [3.8, 4) is 0 Å². The van der Waals surface area contributed by atoms with Crippen LogP contribution < -0.4 is 22.3 Å². The first kappa shape index (κ1) is 43.6. The van der Waals surface area contributed by atoms with Gasteiger partial charge in [0.25, 0.3) is 0 Å². The van der Waals surface area contributed by atoms with Crippen LogP contribution in [0.15, 0.2) is 24.4 Å². The molecular weight excluding hydrogens is 630 g/mol. The molecule has 0 spiro atoms. The predicted octanol–water partition coefficient (Wildman–Crippen LogP) is 5.80. The van der Waals surface area contributed by atoms with E-state index in [9.17, 15) is 14.4 Å². The summed E-state index contributed by atoms with van der Waals surface area (Å²) in [7, 11) is 0. The molecule has 9 nitrogen and oxygen atoms in total. The largest absolute Gasteiger partial charge is 1.00 e. The van der Waals surface area contributed by atoms with Gasteiger partial charge in [0.1, 0.15) is 37.5 Å². The molecule has 0 saturated carbocycles. The number of hydrogen-bond acceptors (Lipinski definition) is 6. The van der Waals surface area contributed by atoms with E-state index in [-0.39, 0.29) is 38.1 Å². The lowest BCUT2D eigenvalue weighted by molar-refractivity contribution is -0.701. The highest BCUT2D eigenvalue weighted by Gasteiger charge is 2.45. The standard InChI is InChI=1S/C38H65N3O6.ClH/c1-6-8-9-10-11-12-13-14-15-16-17-18-19-20-21-23-28-39-35(43)45-31-37(4)26-27-38(5,47-37)32-46-36(44)41(33(3)42)30-34-25-22-24-29-40(34)7-2;/h22,24-25,29H,6-21,23,26-28,30-32H2,1-5H3;1H/t37-,38+;/m1./s1. The molecule has 1 N–H and O–H groups in total. The van der Waals surface area contributed by atoms with E-state index >= 15 is 0 Å². The fourth-order valence-corrected chi connectivity index (χ4v) is 6.28. The lowest BCUT2D eigenvalue weighted by atomic mass is 9.99. The number of carbonyl (C=O) groups excluding carboxylic acids is 3. The molecule has 10 heteroatoms. The summed E-state index contributed by atoms with van der Waals surface area (Å²) in [4.78, 5) is 38.6. The first-order valence-electron chi connectivity index (χ1n) is 18.6. The fourth-order valence-electron chi connectivity index (χ4n) is 6.28.